The molecule has 0 amide bonds. The standard InChI is InChI=1S/C15H18FN3/c1-2-12(13-5-3-4-6-14(13)16)10-19-15-7-11(8-17)9-18-15/h3-6,10-12,15,18H,2,7,9H2,1H3/b19-10-. The molecule has 0 saturated carbocycles. The Hall–Kier alpha value is -1.73. The summed E-state index contributed by atoms with van der Waals surface area (Å²) in [5.41, 5.74) is 0.684. The predicted molar refractivity (Wildman–Crippen MR) is 73.4 cm³/mol. The topological polar surface area (TPSA) is 48.2 Å². The molecule has 100 valence electrons. The molecule has 3 atom stereocenters. The largest absolute Gasteiger partial charge is 0.294 e. The van der Waals surface area contributed by atoms with Crippen LogP contribution >= 0.6 is 0 Å². The highest BCUT2D eigenvalue weighted by Crippen LogP contribution is 2.21. The first-order valence-corrected chi connectivity index (χ1v) is 6.65. The van der Waals surface area contributed by atoms with Crippen molar-refractivity contribution in [1.29, 1.82) is 5.26 Å². The van der Waals surface area contributed by atoms with Crippen molar-refractivity contribution >= 4 is 6.21 Å². The third-order valence-electron chi connectivity index (χ3n) is 3.48. The molecule has 0 aromatic heterocycles. The van der Waals surface area contributed by atoms with E-state index in [0.717, 1.165) is 12.8 Å². The number of halogens is 1. The van der Waals surface area contributed by atoms with Crippen molar-refractivity contribution in [1.82, 2.24) is 5.32 Å². The van der Waals surface area contributed by atoms with Gasteiger partial charge in [-0.15, -0.1) is 0 Å². The van der Waals surface area contributed by atoms with Crippen LogP contribution < -0.4 is 5.32 Å². The van der Waals surface area contributed by atoms with E-state index in [9.17, 15) is 4.39 Å². The van der Waals surface area contributed by atoms with Gasteiger partial charge in [0.25, 0.3) is 0 Å². The van der Waals surface area contributed by atoms with Crippen molar-refractivity contribution in [3.8, 4) is 6.07 Å². The Bertz CT molecular complexity index is 492. The average Bonchev–Trinajstić information content (AvgIpc) is 2.89. The fourth-order valence-electron chi connectivity index (χ4n) is 2.32. The van der Waals surface area contributed by atoms with Gasteiger partial charge >= 0.3 is 0 Å². The number of nitrogens with one attached hydrogen (secondary N) is 1. The van der Waals surface area contributed by atoms with Gasteiger partial charge < -0.3 is 0 Å². The van der Waals surface area contributed by atoms with Gasteiger partial charge in [0.15, 0.2) is 0 Å². The zero-order valence-corrected chi connectivity index (χ0v) is 11.0. The van der Waals surface area contributed by atoms with Gasteiger partial charge in [-0.1, -0.05) is 25.1 Å². The molecule has 0 spiro atoms. The highest BCUT2D eigenvalue weighted by Gasteiger charge is 2.23. The predicted octanol–water partition coefficient (Wildman–Crippen LogP) is 2.85. The van der Waals surface area contributed by atoms with Gasteiger partial charge in [-0.3, -0.25) is 10.3 Å². The second-order valence-corrected chi connectivity index (χ2v) is 4.82. The summed E-state index contributed by atoms with van der Waals surface area (Å²) >= 11 is 0. The molecule has 3 unspecified atom stereocenters. The molecule has 1 N–H and O–H groups in total. The Labute approximate surface area is 113 Å². The smallest absolute Gasteiger partial charge is 0.127 e. The molecule has 2 rings (SSSR count). The number of aliphatic imine (C=N–C) groups is 1. The van der Waals surface area contributed by atoms with E-state index in [1.807, 2.05) is 19.2 Å². The quantitative estimate of drug-likeness (QED) is 0.845. The molecule has 0 radical (unpaired) electrons. The molecule has 1 saturated heterocycles. The van der Waals surface area contributed by atoms with Crippen molar-refractivity contribution in [2.75, 3.05) is 6.54 Å². The van der Waals surface area contributed by atoms with Crippen LogP contribution in [0.4, 0.5) is 4.39 Å². The van der Waals surface area contributed by atoms with Crippen molar-refractivity contribution in [3.63, 3.8) is 0 Å². The molecular weight excluding hydrogens is 241 g/mol. The summed E-state index contributed by atoms with van der Waals surface area (Å²) in [4.78, 5) is 4.46. The van der Waals surface area contributed by atoms with Crippen molar-refractivity contribution in [3.05, 3.63) is 35.6 Å². The monoisotopic (exact) mass is 259 g/mol. The maximum atomic E-state index is 13.7. The summed E-state index contributed by atoms with van der Waals surface area (Å²) in [6.07, 6.45) is 3.35. The third-order valence-corrected chi connectivity index (χ3v) is 3.48. The summed E-state index contributed by atoms with van der Waals surface area (Å²) in [7, 11) is 0. The van der Waals surface area contributed by atoms with E-state index in [4.69, 9.17) is 5.26 Å². The lowest BCUT2D eigenvalue weighted by atomic mass is 9.97. The molecule has 1 aromatic rings. The third kappa shape index (κ3) is 3.39. The number of rotatable bonds is 4. The summed E-state index contributed by atoms with van der Waals surface area (Å²) < 4.78 is 13.7. The van der Waals surface area contributed by atoms with Crippen molar-refractivity contribution in [2.45, 2.75) is 31.8 Å². The van der Waals surface area contributed by atoms with Crippen molar-refractivity contribution < 1.29 is 4.39 Å². The minimum absolute atomic E-state index is 0.00882. The molecule has 1 aliphatic rings. The second kappa shape index (κ2) is 6.44. The van der Waals surface area contributed by atoms with Crippen molar-refractivity contribution in [2.24, 2.45) is 10.9 Å². The average molecular weight is 259 g/mol. The van der Waals surface area contributed by atoms with Crippen LogP contribution in [0, 0.1) is 23.1 Å². The fourth-order valence-corrected chi connectivity index (χ4v) is 2.32. The van der Waals surface area contributed by atoms with Crippen LogP contribution in [0.2, 0.25) is 0 Å². The molecule has 0 aliphatic carbocycles. The minimum atomic E-state index is -0.185. The van der Waals surface area contributed by atoms with Crippen LogP contribution in [0.3, 0.4) is 0 Å². The van der Waals surface area contributed by atoms with E-state index in [2.05, 4.69) is 16.4 Å². The Morgan fingerprint density at radius 3 is 3.00 bits per heavy atom. The maximum absolute atomic E-state index is 13.7. The first-order chi connectivity index (χ1) is 9.24. The number of hydrogen-bond acceptors (Lipinski definition) is 3. The Morgan fingerprint density at radius 1 is 1.58 bits per heavy atom. The van der Waals surface area contributed by atoms with E-state index in [-0.39, 0.29) is 23.8 Å². The molecule has 1 heterocycles. The maximum Gasteiger partial charge on any atom is 0.127 e. The molecule has 4 heteroatoms. The molecule has 19 heavy (non-hydrogen) atoms. The molecular formula is C15H18FN3. The number of nitrogens with zero attached hydrogens (tertiary/aromatic N) is 2. The van der Waals surface area contributed by atoms with E-state index in [0.29, 0.717) is 12.1 Å². The first-order valence-electron chi connectivity index (χ1n) is 6.65. The normalized spacial score (nSPS) is 24.5. The first kappa shape index (κ1) is 13.7. The lowest BCUT2D eigenvalue weighted by molar-refractivity contribution is 0.597. The van der Waals surface area contributed by atoms with E-state index >= 15 is 0 Å². The molecule has 3 nitrogen and oxygen atoms in total. The van der Waals surface area contributed by atoms with Gasteiger partial charge in [0, 0.05) is 18.7 Å². The van der Waals surface area contributed by atoms with Gasteiger partial charge in [-0.25, -0.2) is 4.39 Å². The summed E-state index contributed by atoms with van der Waals surface area (Å²) in [5, 5.41) is 12.0. The summed E-state index contributed by atoms with van der Waals surface area (Å²) in [5.74, 6) is -0.157. The van der Waals surface area contributed by atoms with Crippen LogP contribution in [-0.2, 0) is 0 Å². The van der Waals surface area contributed by atoms with E-state index in [1.54, 1.807) is 12.1 Å². The fraction of sp³-hybridized carbons (Fsp3) is 0.467. The molecule has 1 fully saturated rings. The SMILES string of the molecule is CCC(/C=N\C1CC(C#N)CN1)c1ccccc1F. The number of nitriles is 1. The Morgan fingerprint density at radius 2 is 2.37 bits per heavy atom. The highest BCUT2D eigenvalue weighted by atomic mass is 19.1. The Kier molecular flexibility index (Phi) is 4.64. The summed E-state index contributed by atoms with van der Waals surface area (Å²) in [6.45, 7) is 2.71. The Balaban J connectivity index is 2.04. The van der Waals surface area contributed by atoms with E-state index in [1.165, 1.54) is 6.07 Å². The molecule has 1 aliphatic heterocycles. The number of hydrogen-bond donors (Lipinski definition) is 1. The van der Waals surface area contributed by atoms with Gasteiger partial charge in [0.05, 0.1) is 12.0 Å². The lowest BCUT2D eigenvalue weighted by Gasteiger charge is -2.12. The van der Waals surface area contributed by atoms with Crippen LogP contribution in [-0.4, -0.2) is 18.9 Å². The lowest BCUT2D eigenvalue weighted by Crippen LogP contribution is -2.19. The van der Waals surface area contributed by atoms with Crippen LogP contribution in [0.1, 0.15) is 31.2 Å². The number of benzene rings is 1. The summed E-state index contributed by atoms with van der Waals surface area (Å²) in [6, 6.07) is 9.05. The second-order valence-electron chi connectivity index (χ2n) is 4.82. The van der Waals surface area contributed by atoms with Gasteiger partial charge in [-0.05, 0) is 24.5 Å². The minimum Gasteiger partial charge on any atom is -0.294 e. The molecule has 0 bridgehead atoms. The zero-order chi connectivity index (χ0) is 13.7. The van der Waals surface area contributed by atoms with Gasteiger partial charge in [-0.2, -0.15) is 5.26 Å². The van der Waals surface area contributed by atoms with Gasteiger partial charge in [0.1, 0.15) is 12.0 Å². The van der Waals surface area contributed by atoms with Gasteiger partial charge in [0.2, 0.25) is 0 Å². The van der Waals surface area contributed by atoms with Crippen LogP contribution in [0.25, 0.3) is 0 Å². The van der Waals surface area contributed by atoms with Crippen LogP contribution in [0.5, 0.6) is 0 Å². The molecule has 1 aromatic carbocycles. The van der Waals surface area contributed by atoms with Crippen LogP contribution in [0.15, 0.2) is 29.3 Å². The zero-order valence-electron chi connectivity index (χ0n) is 11.0. The highest BCUT2D eigenvalue weighted by molar-refractivity contribution is 5.68. The van der Waals surface area contributed by atoms with E-state index < -0.39 is 0 Å².